The van der Waals surface area contributed by atoms with Crippen LogP contribution in [0.3, 0.4) is 0 Å². The molecule has 0 aromatic rings. The Hall–Kier alpha value is 9.24. The number of aliphatic hydroxyl groups is 6. The normalized spacial score (nSPS) is 28.8. The summed E-state index contributed by atoms with van der Waals surface area (Å²) in [7, 11) is 85.4. The van der Waals surface area contributed by atoms with Crippen molar-refractivity contribution in [2.45, 2.75) is 134 Å². The number of Topliss-reactive ketones (excluding diaryl/α,β-unsaturated/α-hetero) is 2. The number of fused-ring (bicyclic) bond motifs is 10. The van der Waals surface area contributed by atoms with Crippen LogP contribution in [0.4, 0.5) is 0 Å². The van der Waals surface area contributed by atoms with E-state index in [9.17, 15) is 40.2 Å². The molecule has 0 saturated heterocycles. The van der Waals surface area contributed by atoms with E-state index in [2.05, 4.69) is 24.1 Å². The van der Waals surface area contributed by atoms with Crippen molar-refractivity contribution in [2.24, 2.45) is 63.0 Å². The van der Waals surface area contributed by atoms with E-state index in [4.69, 9.17) is 54.2 Å². The SMILES string of the molecule is CCO[C@@]12C[C@@H](C)[C@@]3(O)[C@@H](C=C(CO)C[C@]4(O)C(=O)C(C)=C[C@@H]34)[C@@H]1C(C)(C)N=N2.CCO[C@@]12C[C@@H](C)[C@@]3(O)[C@@H](C=C(CO)C[C@]4(O)C(=O)C(C)=C[C@@H]34)[C@@H]1C2(C)C.S=S=S=S=S=S=S=S=S=S=S=S=S=S=S=S=S=S=S=S=S=S=S=S=S=S.S=S=S=S=S=S=S=S=S=S=S=S=S=S=S=S=S=S=S=S=S=S=S=S=S=S=S. The molecule has 12 nitrogen and oxygen atoms in total. The molecule has 0 unspecified atom stereocenters. The van der Waals surface area contributed by atoms with Gasteiger partial charge >= 0.3 is 0 Å². The number of hydrogen-bond acceptors (Lipinski definition) is 16. The zero-order valence-corrected chi connectivity index (χ0v) is 99.7. The number of nitrogens with zero attached hydrogens (tertiary/aromatic N) is 2. The second kappa shape index (κ2) is 58.7. The molecular weight excluding hydrogens is 2420 g/mol. The highest BCUT2D eigenvalue weighted by molar-refractivity contribution is 8.81. The summed E-state index contributed by atoms with van der Waals surface area (Å²) in [5, 5.41) is 76.3. The van der Waals surface area contributed by atoms with Crippen LogP contribution in [0.15, 0.2) is 56.8 Å². The summed E-state index contributed by atoms with van der Waals surface area (Å²) < 4.78 is 12.4. The predicted octanol–water partition coefficient (Wildman–Crippen LogP) is 4.04. The molecule has 0 aromatic carbocycles. The van der Waals surface area contributed by atoms with Crippen molar-refractivity contribution < 1.29 is 49.7 Å². The van der Waals surface area contributed by atoms with E-state index in [1.165, 1.54) is 35.5 Å². The molecule has 0 amide bonds. The molecule has 8 rings (SSSR count). The summed E-state index contributed by atoms with van der Waals surface area (Å²) >= 11 is 19.1. The highest BCUT2D eigenvalue weighted by Crippen LogP contribution is 2.76. The smallest absolute Gasteiger partial charge is 0.190 e. The largest absolute Gasteiger partial charge is 0.392 e. The fourth-order valence-corrected chi connectivity index (χ4v) is 138. The standard InChI is InChI=1S/C22H32N2O5.C22H32O5.S27.S26/c1-6-29-21-9-13(3)22(28)15(17(21)19(4,5)23-24-21)8-14(11-25)10-20(27)16(22)7-12(2)18(20)26;1-6-27-21-9-13(3)22(26)15(17(21)19(21,4)5)8-14(11-23)10-20(25)16(22)7-12(2)18(20)24;1-3-5-7-9-11-13-15-17-19-21-23-25-27-26-24-22-20-18-16-14-12-10-8-6-4-2;1-3-5-7-9-11-13-15-17-19-21-23-25-26-24-22-20-18-16-14-12-10-8-6-4-2/h7-8,13,15-17,25,27-28H,6,9-11H2,1-5H3;7-8,13,15-17,23,25-26H,6,9-11H2,1-5H3;;/t2*13-,15+,16-,17-,20-,21+,22-;;/m11../s1. The van der Waals surface area contributed by atoms with Gasteiger partial charge in [0.05, 0.1) is 35.6 Å². The van der Waals surface area contributed by atoms with Crippen LogP contribution in [0, 0.1) is 52.8 Å². The van der Waals surface area contributed by atoms with Crippen molar-refractivity contribution in [3.8, 4) is 0 Å². The lowest BCUT2D eigenvalue weighted by molar-refractivity contribution is -0.225. The van der Waals surface area contributed by atoms with E-state index in [1.807, 2.05) is 205 Å². The Kier molecular flexibility index (Phi) is 58.6. The summed E-state index contributed by atoms with van der Waals surface area (Å²) in [6.07, 6.45) is 8.51. The molecule has 14 atom stereocenters. The Balaban J connectivity index is 0.000000261. The van der Waals surface area contributed by atoms with Crippen LogP contribution in [0.1, 0.15) is 94.9 Å². The first-order chi connectivity index (χ1) is 52.3. The van der Waals surface area contributed by atoms with E-state index < -0.39 is 51.4 Å². The Labute approximate surface area is 794 Å². The fourth-order valence-electron chi connectivity index (χ4n) is 14.0. The zero-order chi connectivity index (χ0) is 80.0. The molecule has 7 aliphatic carbocycles. The Morgan fingerprint density at radius 3 is 0.908 bits per heavy atom. The van der Waals surface area contributed by atoms with Gasteiger partial charge in [0.25, 0.3) is 0 Å². The van der Waals surface area contributed by atoms with E-state index in [0.717, 1.165) is 0 Å². The van der Waals surface area contributed by atoms with Crippen molar-refractivity contribution >= 4 is 491 Å². The van der Waals surface area contributed by atoms with E-state index in [0.29, 0.717) is 48.3 Å². The predicted molar refractivity (Wildman–Crippen MR) is 597 cm³/mol. The minimum Gasteiger partial charge on any atom is -0.392 e. The van der Waals surface area contributed by atoms with Gasteiger partial charge in [-0.2, -0.15) is 10.2 Å². The first kappa shape index (κ1) is 109. The van der Waals surface area contributed by atoms with Gasteiger partial charge in [0.1, 0.15) is 11.2 Å². The third-order valence-corrected chi connectivity index (χ3v) is 122. The van der Waals surface area contributed by atoms with E-state index >= 15 is 0 Å². The second-order valence-corrected chi connectivity index (χ2v) is 110. The van der Waals surface area contributed by atoms with Crippen LogP contribution in [-0.4, -0.2) is 108 Å². The van der Waals surface area contributed by atoms with E-state index in [-0.39, 0.29) is 78.2 Å². The van der Waals surface area contributed by atoms with Gasteiger partial charge in [-0.3, -0.25) is 9.59 Å². The van der Waals surface area contributed by atoms with Crippen molar-refractivity contribution in [3.05, 3.63) is 46.6 Å². The molecule has 109 heavy (non-hydrogen) atoms. The number of ether oxygens (including phenoxy) is 2. The maximum Gasteiger partial charge on any atom is 0.190 e. The van der Waals surface area contributed by atoms with Gasteiger partial charge in [0.15, 0.2) is 17.3 Å². The van der Waals surface area contributed by atoms with Gasteiger partial charge in [-0.05, 0) is 82.1 Å². The van der Waals surface area contributed by atoms with Gasteiger partial charge in [-0.1, -0.05) is 52.0 Å². The summed E-state index contributed by atoms with van der Waals surface area (Å²) in [5.74, 6) is -3.58. The molecule has 3 fully saturated rings. The highest BCUT2D eigenvalue weighted by atomic mass is 33.5. The summed E-state index contributed by atoms with van der Waals surface area (Å²) in [4.78, 5) is 25.7. The first-order valence-corrected chi connectivity index (χ1v) is 97.2. The molecular formula is C44H64N2O10S53. The highest BCUT2D eigenvalue weighted by Gasteiger charge is 2.82. The minimum absolute atomic E-state index is 0.00936. The van der Waals surface area contributed by atoms with Gasteiger partial charge in [-0.15, -0.1) is 0 Å². The van der Waals surface area contributed by atoms with Crippen molar-refractivity contribution in [1.82, 2.24) is 0 Å². The average molecular weight is 2480 g/mol. The number of aliphatic hydroxyl groups excluding tert-OH is 2. The zero-order valence-electron chi connectivity index (χ0n) is 56.4. The lowest BCUT2D eigenvalue weighted by Crippen LogP contribution is -2.67. The Bertz CT molecular complexity index is 5950. The molecule has 0 aromatic heterocycles. The third-order valence-electron chi connectivity index (χ3n) is 17.3. The number of hydrogen-bond donors (Lipinski definition) is 6. The molecule has 1 aliphatic heterocycles. The number of rotatable bonds is 6. The van der Waals surface area contributed by atoms with Crippen molar-refractivity contribution in [1.29, 1.82) is 0 Å². The lowest BCUT2D eigenvalue weighted by atomic mass is 9.52. The van der Waals surface area contributed by atoms with Crippen LogP contribution in [0.5, 0.6) is 0 Å². The molecule has 3 saturated carbocycles. The maximum absolute atomic E-state index is 12.9. The number of carbonyl (C=O) groups is 2. The minimum atomic E-state index is -1.75. The summed E-state index contributed by atoms with van der Waals surface area (Å²) in [6, 6.07) is 0. The fraction of sp³-hybridized carbons (Fsp3) is 0.773. The van der Waals surface area contributed by atoms with Crippen LogP contribution >= 0.6 is 0 Å². The second-order valence-electron chi connectivity index (χ2n) is 23.0. The maximum atomic E-state index is 12.9. The molecule has 0 radical (unpaired) electrons. The number of azo groups is 1. The summed E-state index contributed by atoms with van der Waals surface area (Å²) in [5.41, 5.74) is -5.83. The molecule has 6 N–H and O–H groups in total. The molecule has 0 bridgehead atoms. The Morgan fingerprint density at radius 1 is 0.394 bits per heavy atom. The lowest BCUT2D eigenvalue weighted by Gasteiger charge is -2.57. The first-order valence-electron chi connectivity index (χ1n) is 29.2. The van der Waals surface area contributed by atoms with Crippen LogP contribution < -0.4 is 0 Å². The monoisotopic (exact) mass is 2470 g/mol. The molecule has 628 valence electrons. The topological polar surface area (TPSA) is 199 Å². The van der Waals surface area contributed by atoms with Crippen molar-refractivity contribution in [3.63, 3.8) is 0 Å². The molecule has 65 heteroatoms. The molecule has 0 spiro atoms. The van der Waals surface area contributed by atoms with Gasteiger partial charge in [0.2, 0.25) is 0 Å². The van der Waals surface area contributed by atoms with Crippen LogP contribution in [0.2, 0.25) is 0 Å². The van der Waals surface area contributed by atoms with Crippen LogP contribution in [0.25, 0.3) is 0 Å². The number of ketones is 2. The average Bonchev–Trinajstić information content (AvgIpc) is 1.47. The molecule has 8 aliphatic rings. The quantitative estimate of drug-likeness (QED) is 0.209. The summed E-state index contributed by atoms with van der Waals surface area (Å²) in [6.45, 7) is 20.1. The van der Waals surface area contributed by atoms with Crippen molar-refractivity contribution in [2.75, 3.05) is 26.4 Å². The van der Waals surface area contributed by atoms with E-state index in [1.54, 1.807) is 275 Å². The van der Waals surface area contributed by atoms with Gasteiger partial charge < -0.3 is 40.1 Å². The third kappa shape index (κ3) is 32.7. The Morgan fingerprint density at radius 2 is 0.651 bits per heavy atom. The number of carbonyl (C=O) groups excluding carboxylic acids is 2. The van der Waals surface area contributed by atoms with Crippen LogP contribution in [-0.2, 0) is 499 Å². The molecule has 1 heterocycles. The van der Waals surface area contributed by atoms with Gasteiger partial charge in [-0.25, -0.2) is 0 Å². The van der Waals surface area contributed by atoms with Gasteiger partial charge in [0, 0.05) is 553 Å².